The Morgan fingerprint density at radius 2 is 1.82 bits per heavy atom. The molecule has 1 aliphatic heterocycles. The first-order valence-corrected chi connectivity index (χ1v) is 11.8. The van der Waals surface area contributed by atoms with E-state index in [0.717, 1.165) is 8.87 Å². The summed E-state index contributed by atoms with van der Waals surface area (Å²) in [6.45, 7) is 2.15. The minimum atomic E-state index is -4.04. The van der Waals surface area contributed by atoms with E-state index < -0.39 is 28.5 Å². The summed E-state index contributed by atoms with van der Waals surface area (Å²) in [5.41, 5.74) is -0.553. The average Bonchev–Trinajstić information content (AvgIpc) is 3.18. The van der Waals surface area contributed by atoms with Crippen molar-refractivity contribution in [3.05, 3.63) is 24.5 Å². The Kier molecular flexibility index (Phi) is 7.31. The summed E-state index contributed by atoms with van der Waals surface area (Å²) < 4.78 is 63.4. The van der Waals surface area contributed by atoms with Crippen LogP contribution in [0.3, 0.4) is 0 Å². The van der Waals surface area contributed by atoms with Crippen LogP contribution in [-0.4, -0.2) is 95.5 Å². The van der Waals surface area contributed by atoms with Crippen molar-refractivity contribution >= 4 is 33.1 Å². The lowest BCUT2D eigenvalue weighted by molar-refractivity contribution is -0.133. The molecule has 2 aromatic rings. The van der Waals surface area contributed by atoms with Crippen LogP contribution in [0.1, 0.15) is 20.8 Å². The summed E-state index contributed by atoms with van der Waals surface area (Å²) >= 11 is 0. The lowest BCUT2D eigenvalue weighted by atomic mass is 10.2. The van der Waals surface area contributed by atoms with E-state index in [1.807, 2.05) is 0 Å². The van der Waals surface area contributed by atoms with Gasteiger partial charge >= 0.3 is 22.9 Å². The Balaban J connectivity index is 1.66. The number of hydrogen-bond acceptors (Lipinski definition) is 7. The van der Waals surface area contributed by atoms with E-state index in [2.05, 4.69) is 9.72 Å². The van der Waals surface area contributed by atoms with Crippen molar-refractivity contribution < 1.29 is 36.3 Å². The van der Waals surface area contributed by atoms with Crippen molar-refractivity contribution in [2.45, 2.75) is 33.0 Å². The Labute approximate surface area is 196 Å². The second-order valence-electron chi connectivity index (χ2n) is 8.66. The number of ether oxygens (including phenoxy) is 2. The average molecular weight is 504 g/mol. The standard InChI is InChI=1S/C20H27F2N5O6S/c1-20(2,3)33-19(29)24(4)13-16(28)25-9-11-26(12-10-25)34(30,31)27-8-6-14-15(27)5-7-23-17(14)32-18(21)22/h5-8,18H,9-13H2,1-4H3. The van der Waals surface area contributed by atoms with E-state index >= 15 is 0 Å². The molecule has 2 amide bonds. The molecule has 0 N–H and O–H groups in total. The molecular weight excluding hydrogens is 476 g/mol. The van der Waals surface area contributed by atoms with Gasteiger partial charge in [0.05, 0.1) is 10.9 Å². The van der Waals surface area contributed by atoms with Gasteiger partial charge in [0.1, 0.15) is 12.1 Å². The number of fused-ring (bicyclic) bond motifs is 1. The van der Waals surface area contributed by atoms with Crippen LogP contribution < -0.4 is 4.74 Å². The first-order valence-electron chi connectivity index (χ1n) is 10.4. The molecule has 14 heteroatoms. The van der Waals surface area contributed by atoms with Crippen LogP contribution in [0.4, 0.5) is 13.6 Å². The third kappa shape index (κ3) is 5.73. The first kappa shape index (κ1) is 25.6. The number of rotatable bonds is 6. The molecule has 34 heavy (non-hydrogen) atoms. The summed E-state index contributed by atoms with van der Waals surface area (Å²) in [6.07, 6.45) is 1.79. The van der Waals surface area contributed by atoms with Gasteiger partial charge in [-0.2, -0.15) is 21.5 Å². The third-order valence-corrected chi connectivity index (χ3v) is 6.82. The highest BCUT2D eigenvalue weighted by atomic mass is 32.2. The highest BCUT2D eigenvalue weighted by Gasteiger charge is 2.32. The molecule has 1 aliphatic rings. The maximum absolute atomic E-state index is 13.2. The highest BCUT2D eigenvalue weighted by Crippen LogP contribution is 2.27. The second-order valence-corrected chi connectivity index (χ2v) is 10.5. The number of hydrogen-bond donors (Lipinski definition) is 0. The van der Waals surface area contributed by atoms with Crippen LogP contribution in [0.5, 0.6) is 5.88 Å². The lowest BCUT2D eigenvalue weighted by Gasteiger charge is -2.35. The van der Waals surface area contributed by atoms with Crippen LogP contribution in [0.15, 0.2) is 24.5 Å². The fourth-order valence-corrected chi connectivity index (χ4v) is 4.89. The van der Waals surface area contributed by atoms with Crippen LogP contribution in [-0.2, 0) is 19.7 Å². The number of amides is 2. The topological polar surface area (TPSA) is 114 Å². The minimum Gasteiger partial charge on any atom is -0.444 e. The molecule has 0 bridgehead atoms. The van der Waals surface area contributed by atoms with Crippen molar-refractivity contribution in [3.63, 3.8) is 0 Å². The fourth-order valence-electron chi connectivity index (χ4n) is 3.40. The van der Waals surface area contributed by atoms with Gasteiger partial charge in [-0.1, -0.05) is 0 Å². The van der Waals surface area contributed by atoms with Crippen molar-refractivity contribution in [2.75, 3.05) is 39.8 Å². The van der Waals surface area contributed by atoms with Crippen LogP contribution >= 0.6 is 0 Å². The maximum atomic E-state index is 13.2. The van der Waals surface area contributed by atoms with E-state index in [4.69, 9.17) is 4.74 Å². The van der Waals surface area contributed by atoms with Gasteiger partial charge in [-0.3, -0.25) is 4.79 Å². The number of halogens is 2. The molecule has 0 saturated carbocycles. The number of alkyl halides is 2. The Bertz CT molecular complexity index is 1160. The summed E-state index contributed by atoms with van der Waals surface area (Å²) in [7, 11) is -2.59. The van der Waals surface area contributed by atoms with Gasteiger partial charge < -0.3 is 19.3 Å². The molecule has 2 aromatic heterocycles. The number of pyridine rings is 1. The van der Waals surface area contributed by atoms with Crippen molar-refractivity contribution in [1.82, 2.24) is 23.1 Å². The molecule has 0 atom stereocenters. The maximum Gasteiger partial charge on any atom is 0.410 e. The van der Waals surface area contributed by atoms with Crippen molar-refractivity contribution in [3.8, 4) is 5.88 Å². The van der Waals surface area contributed by atoms with Gasteiger partial charge in [0, 0.05) is 45.6 Å². The van der Waals surface area contributed by atoms with Crippen molar-refractivity contribution in [2.24, 2.45) is 0 Å². The molecule has 0 radical (unpaired) electrons. The van der Waals surface area contributed by atoms with E-state index in [1.54, 1.807) is 20.8 Å². The van der Waals surface area contributed by atoms with Crippen LogP contribution in [0, 0.1) is 0 Å². The SMILES string of the molecule is CN(CC(=O)N1CCN(S(=O)(=O)n2ccc3c(OC(F)F)nccc32)CC1)C(=O)OC(C)(C)C. The quantitative estimate of drug-likeness (QED) is 0.590. The number of carbonyl (C=O) groups is 2. The fraction of sp³-hybridized carbons (Fsp3) is 0.550. The number of likely N-dealkylation sites (N-methyl/N-ethyl adjacent to an activating group) is 1. The predicted molar refractivity (Wildman–Crippen MR) is 118 cm³/mol. The van der Waals surface area contributed by atoms with Gasteiger partial charge in [-0.15, -0.1) is 0 Å². The molecule has 11 nitrogen and oxygen atoms in total. The molecule has 0 aliphatic carbocycles. The minimum absolute atomic E-state index is 0.0232. The first-order chi connectivity index (χ1) is 15.8. The molecule has 188 valence electrons. The summed E-state index contributed by atoms with van der Waals surface area (Å²) in [6, 6.07) is 2.72. The van der Waals surface area contributed by atoms with E-state index in [0.29, 0.717) is 0 Å². The lowest BCUT2D eigenvalue weighted by Crippen LogP contribution is -2.53. The van der Waals surface area contributed by atoms with E-state index in [9.17, 15) is 26.8 Å². The van der Waals surface area contributed by atoms with Gasteiger partial charge in [0.25, 0.3) is 0 Å². The summed E-state index contributed by atoms with van der Waals surface area (Å²) in [4.78, 5) is 31.0. The van der Waals surface area contributed by atoms with E-state index in [-0.39, 0.29) is 55.4 Å². The summed E-state index contributed by atoms with van der Waals surface area (Å²) in [5.74, 6) is -0.706. The largest absolute Gasteiger partial charge is 0.444 e. The zero-order valence-corrected chi connectivity index (χ0v) is 20.1. The number of piperazine rings is 1. The van der Waals surface area contributed by atoms with Gasteiger partial charge in [0.15, 0.2) is 0 Å². The Hall–Kier alpha value is -3.00. The number of carbonyl (C=O) groups excluding carboxylic acids is 2. The molecule has 0 aromatic carbocycles. The Morgan fingerprint density at radius 3 is 2.41 bits per heavy atom. The Morgan fingerprint density at radius 1 is 1.18 bits per heavy atom. The molecule has 0 unspecified atom stereocenters. The normalized spacial score (nSPS) is 15.6. The molecular formula is C20H27F2N5O6S. The zero-order valence-electron chi connectivity index (χ0n) is 19.3. The monoisotopic (exact) mass is 503 g/mol. The van der Waals surface area contributed by atoms with Crippen molar-refractivity contribution in [1.29, 1.82) is 0 Å². The summed E-state index contributed by atoms with van der Waals surface area (Å²) in [5, 5.41) is 0.130. The van der Waals surface area contributed by atoms with Crippen LogP contribution in [0.2, 0.25) is 0 Å². The second kappa shape index (κ2) is 9.70. The van der Waals surface area contributed by atoms with Gasteiger partial charge in [-0.25, -0.2) is 13.8 Å². The zero-order chi connectivity index (χ0) is 25.3. The smallest absolute Gasteiger partial charge is 0.410 e. The predicted octanol–water partition coefficient (Wildman–Crippen LogP) is 1.74. The highest BCUT2D eigenvalue weighted by molar-refractivity contribution is 7.87. The number of nitrogens with zero attached hydrogens (tertiary/aromatic N) is 5. The van der Waals surface area contributed by atoms with Gasteiger partial charge in [0.2, 0.25) is 11.8 Å². The molecule has 1 saturated heterocycles. The van der Waals surface area contributed by atoms with E-state index in [1.165, 1.54) is 40.8 Å². The van der Waals surface area contributed by atoms with Gasteiger partial charge in [-0.05, 0) is 32.9 Å². The number of aromatic nitrogens is 2. The molecule has 3 heterocycles. The third-order valence-electron chi connectivity index (χ3n) is 4.99. The van der Waals surface area contributed by atoms with Crippen LogP contribution in [0.25, 0.3) is 10.9 Å². The molecule has 0 spiro atoms. The molecule has 1 fully saturated rings. The molecule has 3 rings (SSSR count).